The molecule has 7 nitrogen and oxygen atoms in total. The summed E-state index contributed by atoms with van der Waals surface area (Å²) in [4.78, 5) is 29.5. The van der Waals surface area contributed by atoms with Crippen molar-refractivity contribution in [3.63, 3.8) is 0 Å². The number of nitrogens with one attached hydrogen (secondary N) is 1. The number of benzene rings is 1. The summed E-state index contributed by atoms with van der Waals surface area (Å²) in [5.41, 5.74) is 1.18. The number of hydrogen-bond donors (Lipinski definition) is 1. The molecule has 0 aromatic heterocycles. The van der Waals surface area contributed by atoms with Gasteiger partial charge in [0.25, 0.3) is 5.91 Å². The molecule has 1 heterocycles. The van der Waals surface area contributed by atoms with Crippen molar-refractivity contribution in [3.05, 3.63) is 33.7 Å². The van der Waals surface area contributed by atoms with Crippen LogP contribution in [-0.4, -0.2) is 80.3 Å². The molecule has 2 rings (SSSR count). The van der Waals surface area contributed by atoms with Crippen LogP contribution in [0.2, 0.25) is 0 Å². The van der Waals surface area contributed by atoms with E-state index in [0.29, 0.717) is 24.4 Å². The third-order valence-electron chi connectivity index (χ3n) is 6.56. The highest BCUT2D eigenvalue weighted by Crippen LogP contribution is 2.18. The minimum Gasteiger partial charge on any atom is -0.460 e. The van der Waals surface area contributed by atoms with E-state index in [1.807, 2.05) is 39.8 Å². The maximum absolute atomic E-state index is 12.9. The van der Waals surface area contributed by atoms with Crippen molar-refractivity contribution in [2.75, 3.05) is 53.0 Å². The van der Waals surface area contributed by atoms with Crippen LogP contribution in [0.4, 0.5) is 0 Å². The lowest BCUT2D eigenvalue weighted by molar-refractivity contribution is -0.155. The Hall–Kier alpha value is -2.38. The van der Waals surface area contributed by atoms with Crippen molar-refractivity contribution in [3.8, 4) is 0 Å². The first-order chi connectivity index (χ1) is 17.5. The second-order valence-electron chi connectivity index (χ2n) is 11.3. The molecule has 1 aliphatic rings. The summed E-state index contributed by atoms with van der Waals surface area (Å²) in [5.74, 6) is 0.309. The molecule has 1 aliphatic heterocycles. The van der Waals surface area contributed by atoms with Gasteiger partial charge in [0.2, 0.25) is 0 Å². The van der Waals surface area contributed by atoms with Gasteiger partial charge in [0, 0.05) is 58.0 Å². The minimum atomic E-state index is -0.437. The molecular formula is C30H49N3O4. The number of rotatable bonds is 13. The summed E-state index contributed by atoms with van der Waals surface area (Å²) in [7, 11) is 2.07. The van der Waals surface area contributed by atoms with Gasteiger partial charge in [0.05, 0.1) is 13.2 Å². The van der Waals surface area contributed by atoms with E-state index in [0.717, 1.165) is 81.1 Å². The number of ether oxygens (including phenoxy) is 2. The van der Waals surface area contributed by atoms with Gasteiger partial charge in [-0.2, -0.15) is 0 Å². The second kappa shape index (κ2) is 15.1. The lowest BCUT2D eigenvalue weighted by Crippen LogP contribution is -2.41. The van der Waals surface area contributed by atoms with Gasteiger partial charge in [0.15, 0.2) is 0 Å². The second-order valence-corrected chi connectivity index (χ2v) is 11.3. The molecule has 1 fully saturated rings. The van der Waals surface area contributed by atoms with E-state index in [1.54, 1.807) is 0 Å². The summed E-state index contributed by atoms with van der Waals surface area (Å²) in [6.07, 6.45) is 6.55. The molecule has 1 aromatic rings. The number of aryl methyl sites for hydroxylation is 1. The predicted molar refractivity (Wildman–Crippen MR) is 151 cm³/mol. The van der Waals surface area contributed by atoms with Gasteiger partial charge >= 0.3 is 5.97 Å². The van der Waals surface area contributed by atoms with Crippen molar-refractivity contribution >= 4 is 24.7 Å². The summed E-state index contributed by atoms with van der Waals surface area (Å²) >= 11 is 0. The van der Waals surface area contributed by atoms with Crippen LogP contribution >= 0.6 is 0 Å². The van der Waals surface area contributed by atoms with Crippen LogP contribution in [-0.2, 0) is 14.3 Å². The third kappa shape index (κ3) is 11.7. The smallest absolute Gasteiger partial charge is 0.306 e. The number of morpholine rings is 1. The minimum absolute atomic E-state index is 0.0472. The van der Waals surface area contributed by atoms with Gasteiger partial charge in [-0.05, 0) is 74.9 Å². The highest BCUT2D eigenvalue weighted by atomic mass is 16.6. The normalized spacial score (nSPS) is 15.9. The maximum atomic E-state index is 12.9. The number of esters is 1. The van der Waals surface area contributed by atoms with Crippen LogP contribution in [0.15, 0.2) is 12.1 Å². The zero-order valence-electron chi connectivity index (χ0n) is 24.0. The summed E-state index contributed by atoms with van der Waals surface area (Å²) in [5, 5.41) is 4.94. The molecule has 0 spiro atoms. The Bertz CT molecular complexity index is 980. The highest BCUT2D eigenvalue weighted by molar-refractivity contribution is 5.95. The largest absolute Gasteiger partial charge is 0.460 e. The van der Waals surface area contributed by atoms with Crippen molar-refractivity contribution in [2.45, 2.75) is 72.3 Å². The molecule has 37 heavy (non-hydrogen) atoms. The van der Waals surface area contributed by atoms with Crippen molar-refractivity contribution < 1.29 is 19.1 Å². The molecule has 1 N–H and O–H groups in total. The van der Waals surface area contributed by atoms with Crippen LogP contribution in [0, 0.1) is 12.8 Å². The number of carbonyl (C=O) groups is 2. The number of amides is 1. The van der Waals surface area contributed by atoms with E-state index < -0.39 is 5.60 Å². The van der Waals surface area contributed by atoms with Gasteiger partial charge in [-0.1, -0.05) is 26.0 Å². The quantitative estimate of drug-likeness (QED) is 0.407. The lowest BCUT2D eigenvalue weighted by Gasteiger charge is -2.26. The van der Waals surface area contributed by atoms with E-state index in [4.69, 9.17) is 9.47 Å². The van der Waals surface area contributed by atoms with E-state index in [2.05, 4.69) is 41.9 Å². The fraction of sp³-hybridized carbons (Fsp3) is 0.667. The SMILES string of the molecule is C=c1cc(C)c(C(=O)NCCN2CCOCC2)c/c1=C/N(C)CC(CCC)CCCC(=O)OC(C)(C)C. The number of nitrogens with zero attached hydrogens (tertiary/aromatic N) is 2. The Morgan fingerprint density at radius 2 is 1.95 bits per heavy atom. The molecule has 1 unspecified atom stereocenters. The molecule has 208 valence electrons. The standard InChI is InChI=1S/C30H49N3O4/c1-8-10-25(11-9-12-28(34)37-30(4,5)6)21-32(7)22-26-20-27(24(3)19-23(26)2)29(35)31-13-14-33-15-17-36-18-16-33/h19-20,22,25H,2,8-18,21H2,1,3-7H3,(H,31,35)/b26-22-. The Morgan fingerprint density at radius 1 is 1.24 bits per heavy atom. The summed E-state index contributed by atoms with van der Waals surface area (Å²) in [6.45, 7) is 19.7. The van der Waals surface area contributed by atoms with Gasteiger partial charge < -0.3 is 19.7 Å². The Labute approximate surface area is 223 Å². The first-order valence-corrected chi connectivity index (χ1v) is 13.8. The van der Waals surface area contributed by atoms with Crippen molar-refractivity contribution in [1.82, 2.24) is 15.1 Å². The highest BCUT2D eigenvalue weighted by Gasteiger charge is 2.17. The molecule has 0 aliphatic carbocycles. The van der Waals surface area contributed by atoms with Gasteiger partial charge in [-0.3, -0.25) is 14.5 Å². The Kier molecular flexibility index (Phi) is 12.6. The molecule has 1 atom stereocenters. The van der Waals surface area contributed by atoms with E-state index in [9.17, 15) is 9.59 Å². The fourth-order valence-electron chi connectivity index (χ4n) is 4.76. The molecular weight excluding hydrogens is 466 g/mol. The van der Waals surface area contributed by atoms with Crippen LogP contribution < -0.4 is 15.8 Å². The first kappa shape index (κ1) is 30.8. The zero-order chi connectivity index (χ0) is 27.4. The fourth-order valence-corrected chi connectivity index (χ4v) is 4.76. The monoisotopic (exact) mass is 515 g/mol. The average molecular weight is 516 g/mol. The maximum Gasteiger partial charge on any atom is 0.306 e. The topological polar surface area (TPSA) is 71.1 Å². The van der Waals surface area contributed by atoms with Crippen LogP contribution in [0.1, 0.15) is 75.7 Å². The molecule has 0 bridgehead atoms. The van der Waals surface area contributed by atoms with Crippen molar-refractivity contribution in [1.29, 1.82) is 0 Å². The first-order valence-electron chi connectivity index (χ1n) is 13.8. The predicted octanol–water partition coefficient (Wildman–Crippen LogP) is 3.07. The molecule has 1 saturated heterocycles. The van der Waals surface area contributed by atoms with E-state index in [1.165, 1.54) is 0 Å². The third-order valence-corrected chi connectivity index (χ3v) is 6.56. The zero-order valence-corrected chi connectivity index (χ0v) is 24.0. The van der Waals surface area contributed by atoms with Crippen molar-refractivity contribution in [2.24, 2.45) is 5.92 Å². The summed E-state index contributed by atoms with van der Waals surface area (Å²) in [6, 6.07) is 3.94. The van der Waals surface area contributed by atoms with Gasteiger partial charge in [-0.25, -0.2) is 0 Å². The number of hydrogen-bond acceptors (Lipinski definition) is 6. The van der Waals surface area contributed by atoms with Crippen LogP contribution in [0.5, 0.6) is 0 Å². The van der Waals surface area contributed by atoms with Gasteiger partial charge in [0.1, 0.15) is 5.60 Å². The molecule has 0 saturated carbocycles. The lowest BCUT2D eigenvalue weighted by atomic mass is 9.96. The Morgan fingerprint density at radius 3 is 2.59 bits per heavy atom. The molecule has 7 heteroatoms. The van der Waals surface area contributed by atoms with E-state index >= 15 is 0 Å². The molecule has 1 amide bonds. The van der Waals surface area contributed by atoms with E-state index in [-0.39, 0.29) is 11.9 Å². The average Bonchev–Trinajstić information content (AvgIpc) is 2.80. The van der Waals surface area contributed by atoms with Crippen LogP contribution in [0.25, 0.3) is 12.8 Å². The number of carbonyl (C=O) groups excluding carboxylic acids is 2. The Balaban J connectivity index is 1.98. The van der Waals surface area contributed by atoms with Gasteiger partial charge in [-0.15, -0.1) is 0 Å². The summed E-state index contributed by atoms with van der Waals surface area (Å²) < 4.78 is 10.8. The molecule has 1 aromatic carbocycles. The molecule has 0 radical (unpaired) electrons. The van der Waals surface area contributed by atoms with Crippen LogP contribution in [0.3, 0.4) is 0 Å².